The van der Waals surface area contributed by atoms with Crippen LogP contribution in [-0.2, 0) is 0 Å². The largest absolute Gasteiger partial charge is 0.454 e. The minimum absolute atomic E-state index is 0.419. The van der Waals surface area contributed by atoms with Crippen LogP contribution in [0.3, 0.4) is 0 Å². The van der Waals surface area contributed by atoms with Crippen molar-refractivity contribution >= 4 is 39.0 Å². The summed E-state index contributed by atoms with van der Waals surface area (Å²) in [4.78, 5) is 2.31. The summed E-state index contributed by atoms with van der Waals surface area (Å²) in [6.07, 6.45) is 9.87. The van der Waals surface area contributed by atoms with E-state index < -0.39 is 0 Å². The van der Waals surface area contributed by atoms with Gasteiger partial charge in [0.1, 0.15) is 5.58 Å². The number of rotatable bonds is 7. The van der Waals surface area contributed by atoms with Crippen molar-refractivity contribution in [1.29, 1.82) is 0 Å². The van der Waals surface area contributed by atoms with Crippen LogP contribution in [0.15, 0.2) is 199 Å². The van der Waals surface area contributed by atoms with Gasteiger partial charge in [0.25, 0.3) is 0 Å². The maximum Gasteiger partial charge on any atom is 0.159 e. The number of nitrogens with zero attached hydrogens (tertiary/aromatic N) is 1. The maximum atomic E-state index is 6.57. The molecule has 2 nitrogen and oxygen atoms in total. The lowest BCUT2D eigenvalue weighted by Gasteiger charge is -2.26. The summed E-state index contributed by atoms with van der Waals surface area (Å²) in [5.41, 5.74) is 13.5. The first-order valence-electron chi connectivity index (χ1n) is 17.3. The zero-order chi connectivity index (χ0) is 33.3. The summed E-state index contributed by atoms with van der Waals surface area (Å²) in [6.45, 7) is 0. The van der Waals surface area contributed by atoms with Crippen molar-refractivity contribution in [1.82, 2.24) is 0 Å². The van der Waals surface area contributed by atoms with Gasteiger partial charge in [-0.25, -0.2) is 0 Å². The van der Waals surface area contributed by atoms with E-state index in [-0.39, 0.29) is 0 Å². The highest BCUT2D eigenvalue weighted by Crippen LogP contribution is 2.43. The molecule has 8 aromatic rings. The third-order valence-electron chi connectivity index (χ3n) is 9.81. The van der Waals surface area contributed by atoms with Gasteiger partial charge in [0.2, 0.25) is 0 Å². The first kappa shape index (κ1) is 29.7. The maximum absolute atomic E-state index is 6.57. The molecule has 7 aromatic carbocycles. The van der Waals surface area contributed by atoms with Crippen LogP contribution in [0.1, 0.15) is 17.9 Å². The molecule has 0 N–H and O–H groups in total. The van der Waals surface area contributed by atoms with Gasteiger partial charge in [-0.2, -0.15) is 0 Å². The zero-order valence-corrected chi connectivity index (χ0v) is 27.6. The Bertz CT molecular complexity index is 2500. The van der Waals surface area contributed by atoms with E-state index in [1.165, 1.54) is 38.9 Å². The Morgan fingerprint density at radius 1 is 0.460 bits per heavy atom. The lowest BCUT2D eigenvalue weighted by atomic mass is 9.90. The van der Waals surface area contributed by atoms with E-state index in [2.05, 4.69) is 187 Å². The van der Waals surface area contributed by atoms with E-state index in [1.807, 2.05) is 12.1 Å². The van der Waals surface area contributed by atoms with Crippen molar-refractivity contribution in [3.05, 3.63) is 200 Å². The van der Waals surface area contributed by atoms with Gasteiger partial charge < -0.3 is 9.32 Å². The predicted molar refractivity (Wildman–Crippen MR) is 210 cm³/mol. The average Bonchev–Trinajstić information content (AvgIpc) is 3.59. The van der Waals surface area contributed by atoms with E-state index >= 15 is 0 Å². The number of anilines is 3. The zero-order valence-electron chi connectivity index (χ0n) is 27.6. The highest BCUT2D eigenvalue weighted by Gasteiger charge is 2.20. The number of benzene rings is 7. The highest BCUT2D eigenvalue weighted by molar-refractivity contribution is 6.10. The summed E-state index contributed by atoms with van der Waals surface area (Å²) in [5.74, 6) is 0.419. The van der Waals surface area contributed by atoms with Crippen molar-refractivity contribution in [2.75, 3.05) is 4.90 Å². The van der Waals surface area contributed by atoms with Crippen LogP contribution in [0.2, 0.25) is 0 Å². The SMILES string of the molecule is C1=CCC(c2cccc(-c3ccc(N(c4ccc(-c5cccc(-c6ccccc6)c5)cc4)c4cccc5c4oc4ccccc45)cc3)c2)C=C1. The number of allylic oxidation sites excluding steroid dienone is 4. The van der Waals surface area contributed by atoms with E-state index in [0.717, 1.165) is 45.4 Å². The lowest BCUT2D eigenvalue weighted by Crippen LogP contribution is -2.10. The molecular weight excluding hydrogens is 607 g/mol. The molecule has 1 heterocycles. The van der Waals surface area contributed by atoms with E-state index in [4.69, 9.17) is 4.42 Å². The third-order valence-corrected chi connectivity index (χ3v) is 9.81. The molecule has 50 heavy (non-hydrogen) atoms. The Morgan fingerprint density at radius 3 is 1.74 bits per heavy atom. The van der Waals surface area contributed by atoms with Crippen molar-refractivity contribution in [2.45, 2.75) is 12.3 Å². The lowest BCUT2D eigenvalue weighted by molar-refractivity contribution is 0.669. The van der Waals surface area contributed by atoms with Crippen LogP contribution < -0.4 is 4.90 Å². The Labute approximate surface area is 292 Å². The molecule has 0 spiro atoms. The molecule has 0 aliphatic heterocycles. The van der Waals surface area contributed by atoms with E-state index in [0.29, 0.717) is 5.92 Å². The first-order chi connectivity index (χ1) is 24.8. The molecule has 1 unspecified atom stereocenters. The molecule has 1 aliphatic carbocycles. The van der Waals surface area contributed by atoms with Crippen LogP contribution in [-0.4, -0.2) is 0 Å². The molecule has 2 heteroatoms. The summed E-state index contributed by atoms with van der Waals surface area (Å²) < 4.78 is 6.57. The Hall–Kier alpha value is -6.38. The van der Waals surface area contributed by atoms with Gasteiger partial charge in [0.05, 0.1) is 5.69 Å². The normalized spacial score (nSPS) is 14.0. The van der Waals surface area contributed by atoms with Gasteiger partial charge in [-0.1, -0.05) is 152 Å². The Balaban J connectivity index is 1.12. The van der Waals surface area contributed by atoms with Crippen LogP contribution >= 0.6 is 0 Å². The number of hydrogen-bond donors (Lipinski definition) is 0. The fourth-order valence-electron chi connectivity index (χ4n) is 7.23. The van der Waals surface area contributed by atoms with E-state index in [9.17, 15) is 0 Å². The predicted octanol–water partition coefficient (Wildman–Crippen LogP) is 13.7. The molecule has 0 saturated heterocycles. The van der Waals surface area contributed by atoms with Gasteiger partial charge in [0.15, 0.2) is 5.58 Å². The van der Waals surface area contributed by atoms with Gasteiger partial charge in [-0.15, -0.1) is 0 Å². The topological polar surface area (TPSA) is 16.4 Å². The molecule has 238 valence electrons. The quantitative estimate of drug-likeness (QED) is 0.172. The van der Waals surface area contributed by atoms with Gasteiger partial charge in [-0.05, 0) is 87.8 Å². The second-order valence-corrected chi connectivity index (χ2v) is 12.9. The molecule has 9 rings (SSSR count). The standard InChI is InChI=1S/C48H35NO/c1-3-12-34(13-4-1)38-16-9-18-40(32-38)36-24-28-42(29-25-36)49(46-22-11-21-45-44-20-7-8-23-47(44)50-48(45)46)43-30-26-37(27-31-43)41-19-10-17-39(33-41)35-14-5-2-6-15-35/h1-14,16-33,35H,15H2. The number of para-hydroxylation sites is 2. The molecule has 1 atom stereocenters. The molecule has 0 amide bonds. The van der Waals surface area contributed by atoms with E-state index in [1.54, 1.807) is 0 Å². The van der Waals surface area contributed by atoms with Crippen molar-refractivity contribution in [3.63, 3.8) is 0 Å². The summed E-state index contributed by atoms with van der Waals surface area (Å²) in [7, 11) is 0. The van der Waals surface area contributed by atoms with Crippen molar-refractivity contribution in [3.8, 4) is 33.4 Å². The summed E-state index contributed by atoms with van der Waals surface area (Å²) in [6, 6.07) is 60.8. The minimum Gasteiger partial charge on any atom is -0.454 e. The summed E-state index contributed by atoms with van der Waals surface area (Å²) >= 11 is 0. The van der Waals surface area contributed by atoms with Gasteiger partial charge in [0, 0.05) is 28.1 Å². The number of hydrogen-bond acceptors (Lipinski definition) is 2. The molecule has 0 bridgehead atoms. The van der Waals surface area contributed by atoms with Crippen molar-refractivity contribution in [2.24, 2.45) is 0 Å². The Morgan fingerprint density at radius 2 is 1.04 bits per heavy atom. The third kappa shape index (κ3) is 5.61. The molecule has 0 saturated carbocycles. The number of furan rings is 1. The fraction of sp³-hybridized carbons (Fsp3) is 0.0417. The van der Waals surface area contributed by atoms with Crippen LogP contribution in [0.5, 0.6) is 0 Å². The average molecular weight is 642 g/mol. The van der Waals surface area contributed by atoms with Crippen LogP contribution in [0, 0.1) is 0 Å². The Kier molecular flexibility index (Phi) is 7.68. The molecular formula is C48H35NO. The smallest absolute Gasteiger partial charge is 0.159 e. The number of fused-ring (bicyclic) bond motifs is 3. The first-order valence-corrected chi connectivity index (χ1v) is 17.3. The second kappa shape index (κ2) is 12.9. The monoisotopic (exact) mass is 641 g/mol. The van der Waals surface area contributed by atoms with Crippen LogP contribution in [0.4, 0.5) is 17.1 Å². The van der Waals surface area contributed by atoms with Gasteiger partial charge in [-0.3, -0.25) is 0 Å². The molecule has 0 fully saturated rings. The van der Waals surface area contributed by atoms with Crippen LogP contribution in [0.25, 0.3) is 55.3 Å². The minimum atomic E-state index is 0.419. The summed E-state index contributed by atoms with van der Waals surface area (Å²) in [5, 5.41) is 2.23. The molecule has 1 aliphatic rings. The molecule has 1 aromatic heterocycles. The second-order valence-electron chi connectivity index (χ2n) is 12.9. The van der Waals surface area contributed by atoms with Crippen molar-refractivity contribution < 1.29 is 4.42 Å². The van der Waals surface area contributed by atoms with Gasteiger partial charge >= 0.3 is 0 Å². The highest BCUT2D eigenvalue weighted by atomic mass is 16.3. The fourth-order valence-corrected chi connectivity index (χ4v) is 7.23. The molecule has 0 radical (unpaired) electrons.